The van der Waals surface area contributed by atoms with Crippen LogP contribution in [0.4, 0.5) is 0 Å². The van der Waals surface area contributed by atoms with Gasteiger partial charge in [0, 0.05) is 11.8 Å². The van der Waals surface area contributed by atoms with E-state index in [0.717, 1.165) is 27.4 Å². The van der Waals surface area contributed by atoms with Gasteiger partial charge in [0.25, 0.3) is 0 Å². The molecule has 0 spiro atoms. The zero-order chi connectivity index (χ0) is 24.0. The molecule has 0 fully saturated rings. The van der Waals surface area contributed by atoms with Crippen molar-refractivity contribution in [3.8, 4) is 27.8 Å². The van der Waals surface area contributed by atoms with Gasteiger partial charge in [-0.1, -0.05) is 36.4 Å². The Kier molecular flexibility index (Phi) is 6.72. The average Bonchev–Trinajstić information content (AvgIpc) is 3.65. The molecule has 0 N–H and O–H groups in total. The maximum absolute atomic E-state index is 12.4. The smallest absolute Gasteiger partial charge is 0.342 e. The third-order valence-electron chi connectivity index (χ3n) is 5.24. The summed E-state index contributed by atoms with van der Waals surface area (Å²) in [5.41, 5.74) is 3.78. The fourth-order valence-corrected chi connectivity index (χ4v) is 4.30. The SMILES string of the molecule is CCOC(=O)c1cn(Cc2ccc(OCc3coc(-c4ccccc4)n3)cc2)nc1-c1cccs1. The van der Waals surface area contributed by atoms with Crippen molar-refractivity contribution >= 4 is 17.3 Å². The number of thiophene rings is 1. The van der Waals surface area contributed by atoms with Crippen LogP contribution in [0.3, 0.4) is 0 Å². The summed E-state index contributed by atoms with van der Waals surface area (Å²) in [7, 11) is 0. The van der Waals surface area contributed by atoms with E-state index in [-0.39, 0.29) is 5.97 Å². The zero-order valence-corrected chi connectivity index (χ0v) is 19.9. The van der Waals surface area contributed by atoms with Gasteiger partial charge in [-0.2, -0.15) is 5.10 Å². The Morgan fingerprint density at radius 1 is 1.06 bits per heavy atom. The molecule has 0 aliphatic heterocycles. The van der Waals surface area contributed by atoms with Gasteiger partial charge in [-0.3, -0.25) is 4.68 Å². The van der Waals surface area contributed by atoms with E-state index >= 15 is 0 Å². The fraction of sp³-hybridized carbons (Fsp3) is 0.148. The molecule has 0 atom stereocenters. The van der Waals surface area contributed by atoms with Crippen LogP contribution in [-0.2, 0) is 17.9 Å². The summed E-state index contributed by atoms with van der Waals surface area (Å²) in [6.07, 6.45) is 3.35. The predicted molar refractivity (Wildman–Crippen MR) is 133 cm³/mol. The number of hydrogen-bond donors (Lipinski definition) is 0. The van der Waals surface area contributed by atoms with Crippen molar-refractivity contribution in [1.82, 2.24) is 14.8 Å². The van der Waals surface area contributed by atoms with E-state index in [1.807, 2.05) is 72.1 Å². The first-order valence-electron chi connectivity index (χ1n) is 11.2. The molecule has 0 saturated carbocycles. The summed E-state index contributed by atoms with van der Waals surface area (Å²) in [6, 6.07) is 21.4. The Labute approximate surface area is 206 Å². The standard InChI is InChI=1S/C27H23N3O4S/c1-2-32-27(31)23-16-30(29-25(23)24-9-6-14-35-24)15-19-10-12-22(13-11-19)33-17-21-18-34-26(28-21)20-7-4-3-5-8-20/h3-14,16,18H,2,15,17H2,1H3. The van der Waals surface area contributed by atoms with E-state index in [4.69, 9.17) is 13.9 Å². The Morgan fingerprint density at radius 3 is 2.63 bits per heavy atom. The zero-order valence-electron chi connectivity index (χ0n) is 19.1. The lowest BCUT2D eigenvalue weighted by molar-refractivity contribution is 0.0527. The summed E-state index contributed by atoms with van der Waals surface area (Å²) in [5.74, 6) is 0.932. The summed E-state index contributed by atoms with van der Waals surface area (Å²) in [4.78, 5) is 17.9. The van der Waals surface area contributed by atoms with Crippen LogP contribution < -0.4 is 4.74 Å². The number of nitrogens with zero attached hydrogens (tertiary/aromatic N) is 3. The first kappa shape index (κ1) is 22.6. The summed E-state index contributed by atoms with van der Waals surface area (Å²) < 4.78 is 18.4. The van der Waals surface area contributed by atoms with Crippen molar-refractivity contribution in [3.63, 3.8) is 0 Å². The van der Waals surface area contributed by atoms with E-state index < -0.39 is 0 Å². The van der Waals surface area contributed by atoms with Gasteiger partial charge in [-0.15, -0.1) is 11.3 Å². The third-order valence-corrected chi connectivity index (χ3v) is 6.12. The Balaban J connectivity index is 1.24. The number of rotatable bonds is 9. The van der Waals surface area contributed by atoms with Crippen molar-refractivity contribution in [3.05, 3.63) is 101 Å². The van der Waals surface area contributed by atoms with Crippen LogP contribution in [0.1, 0.15) is 28.5 Å². The first-order valence-corrected chi connectivity index (χ1v) is 12.1. The Morgan fingerprint density at radius 2 is 1.89 bits per heavy atom. The number of benzene rings is 2. The second-order valence-corrected chi connectivity index (χ2v) is 8.68. The lowest BCUT2D eigenvalue weighted by Gasteiger charge is -2.06. The third kappa shape index (κ3) is 5.33. The van der Waals surface area contributed by atoms with Crippen LogP contribution >= 0.6 is 11.3 Å². The molecule has 0 aliphatic carbocycles. The average molecular weight is 486 g/mol. The minimum absolute atomic E-state index is 0.307. The lowest BCUT2D eigenvalue weighted by Crippen LogP contribution is -2.05. The number of ether oxygens (including phenoxy) is 2. The molecule has 3 aromatic heterocycles. The molecule has 0 radical (unpaired) electrons. The van der Waals surface area contributed by atoms with Gasteiger partial charge in [0.05, 0.1) is 18.0 Å². The van der Waals surface area contributed by atoms with Gasteiger partial charge < -0.3 is 13.9 Å². The second kappa shape index (κ2) is 10.4. The Hall–Kier alpha value is -4.17. The molecular formula is C27H23N3O4S. The van der Waals surface area contributed by atoms with Gasteiger partial charge in [0.2, 0.25) is 5.89 Å². The molecule has 0 saturated heterocycles. The fourth-order valence-electron chi connectivity index (χ4n) is 3.58. The van der Waals surface area contributed by atoms with Gasteiger partial charge in [-0.05, 0) is 48.2 Å². The molecule has 176 valence electrons. The van der Waals surface area contributed by atoms with Crippen molar-refractivity contribution in [2.24, 2.45) is 0 Å². The highest BCUT2D eigenvalue weighted by Crippen LogP contribution is 2.28. The van der Waals surface area contributed by atoms with Gasteiger partial charge in [-0.25, -0.2) is 9.78 Å². The number of esters is 1. The highest BCUT2D eigenvalue weighted by Gasteiger charge is 2.20. The van der Waals surface area contributed by atoms with Crippen LogP contribution in [0.15, 0.2) is 89.0 Å². The number of oxazole rings is 1. The number of hydrogen-bond acceptors (Lipinski definition) is 7. The largest absolute Gasteiger partial charge is 0.487 e. The molecule has 0 aliphatic rings. The maximum Gasteiger partial charge on any atom is 0.342 e. The van der Waals surface area contributed by atoms with Crippen LogP contribution in [-0.4, -0.2) is 27.3 Å². The Bertz CT molecular complexity index is 1390. The highest BCUT2D eigenvalue weighted by atomic mass is 32.1. The molecule has 2 aromatic carbocycles. The monoisotopic (exact) mass is 485 g/mol. The maximum atomic E-state index is 12.4. The molecule has 0 amide bonds. The van der Waals surface area contributed by atoms with E-state index in [2.05, 4.69) is 10.1 Å². The molecule has 5 aromatic rings. The molecule has 35 heavy (non-hydrogen) atoms. The van der Waals surface area contributed by atoms with Crippen LogP contribution in [0, 0.1) is 0 Å². The summed E-state index contributed by atoms with van der Waals surface area (Å²) in [6.45, 7) is 2.93. The van der Waals surface area contributed by atoms with Crippen LogP contribution in [0.5, 0.6) is 5.75 Å². The number of carbonyl (C=O) groups excluding carboxylic acids is 1. The van der Waals surface area contributed by atoms with Crippen LogP contribution in [0.2, 0.25) is 0 Å². The van der Waals surface area contributed by atoms with E-state index in [0.29, 0.717) is 36.9 Å². The van der Waals surface area contributed by atoms with E-state index in [1.165, 1.54) is 11.3 Å². The van der Waals surface area contributed by atoms with Gasteiger partial charge in [0.1, 0.15) is 35.6 Å². The van der Waals surface area contributed by atoms with Crippen LogP contribution in [0.25, 0.3) is 22.0 Å². The summed E-state index contributed by atoms with van der Waals surface area (Å²) >= 11 is 1.54. The molecule has 3 heterocycles. The van der Waals surface area contributed by atoms with Gasteiger partial charge in [0.15, 0.2) is 0 Å². The van der Waals surface area contributed by atoms with Crippen molar-refractivity contribution < 1.29 is 18.7 Å². The number of carbonyl (C=O) groups is 1. The molecule has 5 rings (SSSR count). The van der Waals surface area contributed by atoms with Crippen molar-refractivity contribution in [2.45, 2.75) is 20.1 Å². The van der Waals surface area contributed by atoms with Crippen molar-refractivity contribution in [2.75, 3.05) is 6.61 Å². The molecule has 8 heteroatoms. The topological polar surface area (TPSA) is 79.4 Å². The molecule has 0 unspecified atom stereocenters. The molecule has 7 nitrogen and oxygen atoms in total. The quantitative estimate of drug-likeness (QED) is 0.236. The normalized spacial score (nSPS) is 10.9. The van der Waals surface area contributed by atoms with Crippen molar-refractivity contribution in [1.29, 1.82) is 0 Å². The lowest BCUT2D eigenvalue weighted by atomic mass is 10.2. The minimum atomic E-state index is -0.367. The molecular weight excluding hydrogens is 462 g/mol. The van der Waals surface area contributed by atoms with Gasteiger partial charge >= 0.3 is 5.97 Å². The highest BCUT2D eigenvalue weighted by molar-refractivity contribution is 7.13. The summed E-state index contributed by atoms with van der Waals surface area (Å²) in [5, 5.41) is 6.62. The molecule has 0 bridgehead atoms. The van der Waals surface area contributed by atoms with E-state index in [1.54, 1.807) is 24.1 Å². The predicted octanol–water partition coefficient (Wildman–Crippen LogP) is 6.07. The first-order chi connectivity index (χ1) is 17.2. The number of aromatic nitrogens is 3. The second-order valence-electron chi connectivity index (χ2n) is 7.73. The van der Waals surface area contributed by atoms with E-state index in [9.17, 15) is 4.79 Å². The minimum Gasteiger partial charge on any atom is -0.487 e.